The van der Waals surface area contributed by atoms with Gasteiger partial charge in [-0.05, 0) is 57.4 Å². The summed E-state index contributed by atoms with van der Waals surface area (Å²) >= 11 is -1.74. The van der Waals surface area contributed by atoms with Crippen LogP contribution >= 0.6 is 19.4 Å². The van der Waals surface area contributed by atoms with Crippen LogP contribution in [0.5, 0.6) is 5.75 Å². The van der Waals surface area contributed by atoms with Gasteiger partial charge in [0.05, 0.1) is 0 Å². The van der Waals surface area contributed by atoms with Gasteiger partial charge in [-0.3, -0.25) is 0 Å². The average molecular weight is 586 g/mol. The Morgan fingerprint density at radius 3 is 2.06 bits per heavy atom. The number of aryl methyl sites for hydroxylation is 5. The predicted molar refractivity (Wildman–Crippen MR) is 145 cm³/mol. The number of benzene rings is 3. The molecule has 0 unspecified atom stereocenters. The van der Waals surface area contributed by atoms with E-state index in [1.165, 1.54) is 39.2 Å². The smallest absolute Gasteiger partial charge is 0.0146 e. The molecule has 0 bridgehead atoms. The Kier molecular flexibility index (Phi) is 9.59. The molecule has 0 atom stereocenters. The molecule has 6 heteroatoms. The zero-order chi connectivity index (χ0) is 24.8. The van der Waals surface area contributed by atoms with Crippen LogP contribution in [0.15, 0.2) is 54.6 Å². The summed E-state index contributed by atoms with van der Waals surface area (Å²) in [5.41, 5.74) is 10.4. The molecule has 1 heterocycles. The molecular weight excluding hydrogens is 552 g/mol. The summed E-state index contributed by atoms with van der Waals surface area (Å²) < 4.78 is 6.99. The number of methoxy groups -OCH3 is 1. The summed E-state index contributed by atoms with van der Waals surface area (Å²) in [6, 6.07) is 18.9. The monoisotopic (exact) mass is 585 g/mol. The Morgan fingerprint density at radius 2 is 1.44 bits per heavy atom. The Labute approximate surface area is 217 Å². The van der Waals surface area contributed by atoms with Crippen LogP contribution in [0.1, 0.15) is 33.4 Å². The van der Waals surface area contributed by atoms with E-state index >= 15 is 0 Å². The van der Waals surface area contributed by atoms with Crippen LogP contribution in [0.3, 0.4) is 0 Å². The van der Waals surface area contributed by atoms with E-state index < -0.39 is 13.5 Å². The topological polar surface area (TPSA) is 15.7 Å². The van der Waals surface area contributed by atoms with Crippen LogP contribution in [-0.2, 0) is 13.5 Å². The fraction of sp³-hybridized carbons (Fsp3) is 0.286. The second-order valence-electron chi connectivity index (χ2n) is 8.59. The van der Waals surface area contributed by atoms with Gasteiger partial charge >= 0.3 is 84.9 Å². The van der Waals surface area contributed by atoms with Crippen LogP contribution in [0, 0.1) is 41.3 Å². The van der Waals surface area contributed by atoms with Gasteiger partial charge in [-0.1, -0.05) is 35.4 Å². The first-order valence-electron chi connectivity index (χ1n) is 11.2. The van der Waals surface area contributed by atoms with Crippen molar-refractivity contribution in [3.05, 3.63) is 94.6 Å². The Balaban J connectivity index is 0.000000229. The molecule has 1 aliphatic rings. The van der Waals surface area contributed by atoms with Gasteiger partial charge in [0, 0.05) is 24.5 Å². The van der Waals surface area contributed by atoms with E-state index in [1.54, 1.807) is 7.11 Å². The molecule has 3 nitrogen and oxygen atoms in total. The first kappa shape index (κ1) is 26.7. The second-order valence-corrected chi connectivity index (χ2v) is 14.3. The number of hydrogen-bond donors (Lipinski definition) is 0. The minimum absolute atomic E-state index is 0.817. The van der Waals surface area contributed by atoms with Crippen molar-refractivity contribution < 1.29 is 18.3 Å². The summed E-state index contributed by atoms with van der Waals surface area (Å²) in [5, 5.41) is 0. The molecule has 3 aromatic rings. The summed E-state index contributed by atoms with van der Waals surface area (Å²) in [7, 11) is 13.1. The van der Waals surface area contributed by atoms with Gasteiger partial charge in [0.1, 0.15) is 0 Å². The molecular formula is C28H33Cl2N2ORu-. The Hall–Kier alpha value is -1.87. The van der Waals surface area contributed by atoms with Crippen LogP contribution in [0.25, 0.3) is 0 Å². The van der Waals surface area contributed by atoms with Gasteiger partial charge in [-0.15, -0.1) is 0 Å². The molecule has 1 saturated heterocycles. The van der Waals surface area contributed by atoms with Gasteiger partial charge in [-0.2, -0.15) is 6.67 Å². The normalized spacial score (nSPS) is 13.4. The zero-order valence-corrected chi connectivity index (χ0v) is 23.9. The minimum Gasteiger partial charge on any atom is -0.502 e. The third kappa shape index (κ3) is 6.84. The van der Waals surface area contributed by atoms with Crippen molar-refractivity contribution in [3.63, 3.8) is 0 Å². The van der Waals surface area contributed by atoms with E-state index in [0.717, 1.165) is 24.4 Å². The number of halogens is 2. The van der Waals surface area contributed by atoms with Gasteiger partial charge in [0.25, 0.3) is 0 Å². The maximum absolute atomic E-state index is 5.74. The molecule has 0 saturated carbocycles. The quantitative estimate of drug-likeness (QED) is 0.234. The van der Waals surface area contributed by atoms with Crippen LogP contribution in [0.2, 0.25) is 0 Å². The molecule has 0 amide bonds. The van der Waals surface area contributed by atoms with E-state index in [4.69, 9.17) is 24.1 Å². The van der Waals surface area contributed by atoms with Crippen molar-refractivity contribution >= 4 is 35.4 Å². The molecule has 0 spiro atoms. The van der Waals surface area contributed by atoms with Crippen molar-refractivity contribution in [2.75, 3.05) is 30.0 Å². The summed E-state index contributed by atoms with van der Waals surface area (Å²) in [5.74, 6) is 0.817. The van der Waals surface area contributed by atoms with Gasteiger partial charge in [-0.25, -0.2) is 0 Å². The van der Waals surface area contributed by atoms with Gasteiger partial charge in [0.2, 0.25) is 0 Å². The molecule has 34 heavy (non-hydrogen) atoms. The molecule has 0 N–H and O–H groups in total. The number of para-hydroxylation sites is 1. The molecule has 1 fully saturated rings. The van der Waals surface area contributed by atoms with Crippen molar-refractivity contribution in [1.82, 2.24) is 0 Å². The first-order valence-corrected chi connectivity index (χ1v) is 16.7. The fourth-order valence-corrected chi connectivity index (χ4v) is 6.24. The number of anilines is 2. The van der Waals surface area contributed by atoms with Gasteiger partial charge in [0.15, 0.2) is 0 Å². The predicted octanol–water partition coefficient (Wildman–Crippen LogP) is 7.45. The maximum Gasteiger partial charge on any atom is 0.0146 e. The number of rotatable bonds is 4. The van der Waals surface area contributed by atoms with Crippen LogP contribution in [0.4, 0.5) is 11.4 Å². The van der Waals surface area contributed by atoms with E-state index in [-0.39, 0.29) is 0 Å². The van der Waals surface area contributed by atoms with E-state index in [2.05, 4.69) is 81.4 Å². The first-order chi connectivity index (χ1) is 16.2. The SMILES string of the molecule is COc1ccccc1[CH]=[Ru]([Cl])[Cl].Cc1ccc(N2[CH-]N(c3c(C)cc(C)cc3C)CC2)c(C)c1. The maximum atomic E-state index is 5.74. The fourth-order valence-electron chi connectivity index (χ4n) is 4.44. The average Bonchev–Trinajstić information content (AvgIpc) is 3.22. The van der Waals surface area contributed by atoms with Crippen LogP contribution < -0.4 is 14.5 Å². The molecule has 0 aliphatic carbocycles. The second kappa shape index (κ2) is 12.2. The number of nitrogens with zero attached hydrogens (tertiary/aromatic N) is 2. The van der Waals surface area contributed by atoms with Crippen molar-refractivity contribution in [1.29, 1.82) is 0 Å². The molecule has 4 rings (SSSR count). The molecule has 0 radical (unpaired) electrons. The van der Waals surface area contributed by atoms with E-state index in [0.29, 0.717) is 0 Å². The summed E-state index contributed by atoms with van der Waals surface area (Å²) in [6.07, 6.45) is 0. The van der Waals surface area contributed by atoms with Crippen LogP contribution in [-0.4, -0.2) is 24.8 Å². The zero-order valence-electron chi connectivity index (χ0n) is 20.7. The molecule has 3 aromatic carbocycles. The third-order valence-corrected chi connectivity index (χ3v) is 7.60. The summed E-state index contributed by atoms with van der Waals surface area (Å²) in [4.78, 5) is 4.76. The van der Waals surface area contributed by atoms with Crippen molar-refractivity contribution in [2.24, 2.45) is 0 Å². The van der Waals surface area contributed by atoms with Gasteiger partial charge < -0.3 is 9.80 Å². The summed E-state index contributed by atoms with van der Waals surface area (Å²) in [6.45, 7) is 15.3. The van der Waals surface area contributed by atoms with Crippen molar-refractivity contribution in [2.45, 2.75) is 34.6 Å². The molecule has 0 aromatic heterocycles. The largest absolute Gasteiger partial charge is 0.502 e. The van der Waals surface area contributed by atoms with E-state index in [1.807, 2.05) is 28.9 Å². The Morgan fingerprint density at radius 1 is 0.824 bits per heavy atom. The molecule has 184 valence electrons. The van der Waals surface area contributed by atoms with Crippen molar-refractivity contribution in [3.8, 4) is 5.75 Å². The number of ether oxygens (including phenoxy) is 1. The van der Waals surface area contributed by atoms with E-state index in [9.17, 15) is 0 Å². The number of hydrogen-bond acceptors (Lipinski definition) is 3. The standard InChI is InChI=1S/C20H25N2.C8H8O.2ClH.Ru/c1-14-6-7-19(16(3)10-14)21-8-9-22(13-21)20-17(4)11-15(2)12-18(20)5;1-7-5-3-4-6-8(7)9-2;;;/h6-7,10-13H,8-9H2,1-5H3;1,3-6H,2H3;2*1H;/q-1;;;;+2/p-2. The minimum atomic E-state index is -1.74. The molecule has 1 aliphatic heterocycles. The third-order valence-electron chi connectivity index (χ3n) is 5.77. The Bertz CT molecular complexity index is 1150.